The third-order valence-electron chi connectivity index (χ3n) is 2.49. The van der Waals surface area contributed by atoms with Crippen LogP contribution < -0.4 is 11.1 Å². The zero-order chi connectivity index (χ0) is 15.3. The van der Waals surface area contributed by atoms with Crippen molar-refractivity contribution in [2.45, 2.75) is 18.9 Å². The highest BCUT2D eigenvalue weighted by molar-refractivity contribution is 14.1. The molecule has 5 N–H and O–H groups in total. The summed E-state index contributed by atoms with van der Waals surface area (Å²) in [7, 11) is 0. The highest BCUT2D eigenvalue weighted by atomic mass is 127. The van der Waals surface area contributed by atoms with Gasteiger partial charge in [-0.05, 0) is 47.2 Å². The lowest BCUT2D eigenvalue weighted by Crippen LogP contribution is -2.41. The number of benzene rings is 1. The number of hydrogen-bond donors (Lipinski definition) is 4. The van der Waals surface area contributed by atoms with E-state index in [0.29, 0.717) is 0 Å². The largest absolute Gasteiger partial charge is 0.507 e. The number of carboxylic acids is 1. The van der Waals surface area contributed by atoms with Crippen LogP contribution in [0, 0.1) is 3.57 Å². The summed E-state index contributed by atoms with van der Waals surface area (Å²) in [6.07, 6.45) is -0.267. The Hall–Kier alpha value is -1.84. The smallest absolute Gasteiger partial charge is 0.326 e. The number of aliphatic carboxylic acids is 1. The molecule has 0 radical (unpaired) electrons. The molecule has 1 rings (SSSR count). The van der Waals surface area contributed by atoms with Gasteiger partial charge in [0, 0.05) is 9.99 Å². The van der Waals surface area contributed by atoms with E-state index in [9.17, 15) is 19.5 Å². The Morgan fingerprint density at radius 2 is 2.00 bits per heavy atom. The second-order valence-electron chi connectivity index (χ2n) is 4.03. The fourth-order valence-electron chi connectivity index (χ4n) is 1.47. The molecule has 0 spiro atoms. The van der Waals surface area contributed by atoms with Gasteiger partial charge in [-0.25, -0.2) is 4.79 Å². The Bertz CT molecular complexity index is 547. The molecule has 108 valence electrons. The molecule has 0 aliphatic carbocycles. The molecule has 7 nitrogen and oxygen atoms in total. The van der Waals surface area contributed by atoms with Crippen LogP contribution in [-0.4, -0.2) is 34.0 Å². The predicted octanol–water partition coefficient (Wildman–Crippen LogP) is 0.445. The summed E-state index contributed by atoms with van der Waals surface area (Å²) in [5.41, 5.74) is 4.92. The van der Waals surface area contributed by atoms with E-state index in [1.807, 2.05) is 22.6 Å². The molecule has 0 unspecified atom stereocenters. The average Bonchev–Trinajstić information content (AvgIpc) is 2.36. The Morgan fingerprint density at radius 3 is 2.55 bits per heavy atom. The molecular formula is C12H13IN2O5. The minimum Gasteiger partial charge on any atom is -0.507 e. The zero-order valence-electron chi connectivity index (χ0n) is 10.3. The number of nitrogens with one attached hydrogen (secondary N) is 1. The number of phenols is 1. The fraction of sp³-hybridized carbons (Fsp3) is 0.250. The van der Waals surface area contributed by atoms with Crippen LogP contribution in [0.25, 0.3) is 0 Å². The Balaban J connectivity index is 2.82. The molecule has 8 heteroatoms. The van der Waals surface area contributed by atoms with Crippen LogP contribution in [0.2, 0.25) is 0 Å². The van der Waals surface area contributed by atoms with E-state index in [-0.39, 0.29) is 24.2 Å². The maximum Gasteiger partial charge on any atom is 0.326 e. The molecule has 0 saturated heterocycles. The van der Waals surface area contributed by atoms with Gasteiger partial charge < -0.3 is 21.3 Å². The average molecular weight is 392 g/mol. The molecule has 1 aromatic rings. The first-order valence-electron chi connectivity index (χ1n) is 5.61. The summed E-state index contributed by atoms with van der Waals surface area (Å²) in [4.78, 5) is 33.6. The van der Waals surface area contributed by atoms with Crippen LogP contribution >= 0.6 is 22.6 Å². The predicted molar refractivity (Wildman–Crippen MR) is 78.1 cm³/mol. The van der Waals surface area contributed by atoms with E-state index in [2.05, 4.69) is 5.32 Å². The highest BCUT2D eigenvalue weighted by Gasteiger charge is 2.22. The number of amides is 2. The molecule has 0 saturated carbocycles. The van der Waals surface area contributed by atoms with Crippen molar-refractivity contribution in [2.75, 3.05) is 0 Å². The quantitative estimate of drug-likeness (QED) is 0.523. The van der Waals surface area contributed by atoms with Crippen LogP contribution in [0.1, 0.15) is 23.2 Å². The molecule has 0 aromatic heterocycles. The Kier molecular flexibility index (Phi) is 5.74. The molecule has 0 heterocycles. The van der Waals surface area contributed by atoms with Crippen LogP contribution in [0.4, 0.5) is 0 Å². The zero-order valence-corrected chi connectivity index (χ0v) is 12.5. The van der Waals surface area contributed by atoms with Gasteiger partial charge in [-0.1, -0.05) is 0 Å². The summed E-state index contributed by atoms with van der Waals surface area (Å²) in [5.74, 6) is -2.90. The molecule has 2 amide bonds. The molecule has 1 aromatic carbocycles. The Labute approximate surface area is 128 Å². The topological polar surface area (TPSA) is 130 Å². The second kappa shape index (κ2) is 7.08. The summed E-state index contributed by atoms with van der Waals surface area (Å²) >= 11 is 1.96. The first-order chi connectivity index (χ1) is 9.31. The van der Waals surface area contributed by atoms with Crippen molar-refractivity contribution in [1.82, 2.24) is 5.32 Å². The molecule has 0 aliphatic heterocycles. The SMILES string of the molecule is NC(=O)CC[C@H](NC(=O)c1cc(I)ccc1O)C(=O)O. The number of phenolic OH excluding ortho intramolecular Hbond substituents is 1. The standard InChI is InChI=1S/C12H13IN2O5/c13-6-1-3-9(16)7(5-6)11(18)15-8(12(19)20)2-4-10(14)17/h1,3,5,8,16H,2,4H2,(H2,14,17)(H,15,18)(H,19,20)/t8-/m0/s1. The van der Waals surface area contributed by atoms with Gasteiger partial charge >= 0.3 is 5.97 Å². The number of rotatable bonds is 6. The summed E-state index contributed by atoms with van der Waals surface area (Å²) in [6, 6.07) is 3.13. The van der Waals surface area contributed by atoms with Crippen molar-refractivity contribution in [3.8, 4) is 5.75 Å². The van der Waals surface area contributed by atoms with Crippen molar-refractivity contribution in [1.29, 1.82) is 0 Å². The first kappa shape index (κ1) is 16.2. The van der Waals surface area contributed by atoms with Crippen molar-refractivity contribution in [2.24, 2.45) is 5.73 Å². The van der Waals surface area contributed by atoms with Crippen molar-refractivity contribution in [3.63, 3.8) is 0 Å². The summed E-state index contributed by atoms with van der Waals surface area (Å²) in [6.45, 7) is 0. The fourth-order valence-corrected chi connectivity index (χ4v) is 1.96. The molecular weight excluding hydrogens is 379 g/mol. The number of carboxylic acid groups (broad SMARTS) is 1. The minimum atomic E-state index is -1.27. The van der Waals surface area contributed by atoms with Gasteiger partial charge in [0.05, 0.1) is 5.56 Å². The Morgan fingerprint density at radius 1 is 1.35 bits per heavy atom. The van der Waals surface area contributed by atoms with Crippen LogP contribution in [0.3, 0.4) is 0 Å². The van der Waals surface area contributed by atoms with Gasteiger partial charge in [-0.3, -0.25) is 9.59 Å². The van der Waals surface area contributed by atoms with E-state index in [4.69, 9.17) is 10.8 Å². The molecule has 0 bridgehead atoms. The van der Waals surface area contributed by atoms with Crippen LogP contribution in [0.15, 0.2) is 18.2 Å². The number of carbonyl (C=O) groups is 3. The second-order valence-corrected chi connectivity index (χ2v) is 5.28. The van der Waals surface area contributed by atoms with E-state index in [0.717, 1.165) is 3.57 Å². The third-order valence-corrected chi connectivity index (χ3v) is 3.16. The highest BCUT2D eigenvalue weighted by Crippen LogP contribution is 2.19. The maximum absolute atomic E-state index is 11.9. The van der Waals surface area contributed by atoms with Crippen molar-refractivity contribution >= 4 is 40.4 Å². The van der Waals surface area contributed by atoms with E-state index in [1.54, 1.807) is 6.07 Å². The normalized spacial score (nSPS) is 11.7. The van der Waals surface area contributed by atoms with Gasteiger partial charge in [0.2, 0.25) is 5.91 Å². The minimum absolute atomic E-state index is 0.0257. The molecule has 0 fully saturated rings. The number of carbonyl (C=O) groups excluding carboxylic acids is 2. The van der Waals surface area contributed by atoms with Gasteiger partial charge in [0.15, 0.2) is 0 Å². The first-order valence-corrected chi connectivity index (χ1v) is 6.69. The lowest BCUT2D eigenvalue weighted by Gasteiger charge is -2.14. The van der Waals surface area contributed by atoms with Gasteiger partial charge in [0.1, 0.15) is 11.8 Å². The van der Waals surface area contributed by atoms with Gasteiger partial charge in [-0.2, -0.15) is 0 Å². The van der Waals surface area contributed by atoms with E-state index < -0.39 is 23.8 Å². The lowest BCUT2D eigenvalue weighted by atomic mass is 10.1. The van der Waals surface area contributed by atoms with Crippen molar-refractivity contribution < 1.29 is 24.6 Å². The monoisotopic (exact) mass is 392 g/mol. The van der Waals surface area contributed by atoms with Gasteiger partial charge in [0.25, 0.3) is 5.91 Å². The van der Waals surface area contributed by atoms with Crippen LogP contribution in [0.5, 0.6) is 5.75 Å². The summed E-state index contributed by atoms with van der Waals surface area (Å²) < 4.78 is 0.717. The van der Waals surface area contributed by atoms with E-state index >= 15 is 0 Å². The lowest BCUT2D eigenvalue weighted by molar-refractivity contribution is -0.139. The number of halogens is 1. The molecule has 0 aliphatic rings. The molecule has 20 heavy (non-hydrogen) atoms. The van der Waals surface area contributed by atoms with E-state index in [1.165, 1.54) is 12.1 Å². The third kappa shape index (κ3) is 4.68. The number of aromatic hydroxyl groups is 1. The molecule has 1 atom stereocenters. The van der Waals surface area contributed by atoms with Gasteiger partial charge in [-0.15, -0.1) is 0 Å². The number of nitrogens with two attached hydrogens (primary N) is 1. The maximum atomic E-state index is 11.9. The van der Waals surface area contributed by atoms with Crippen molar-refractivity contribution in [3.05, 3.63) is 27.3 Å². The number of primary amides is 1. The van der Waals surface area contributed by atoms with Crippen LogP contribution in [-0.2, 0) is 9.59 Å². The summed E-state index contributed by atoms with van der Waals surface area (Å²) in [5, 5.41) is 20.8. The number of hydrogen-bond acceptors (Lipinski definition) is 4.